The van der Waals surface area contributed by atoms with Gasteiger partial charge in [-0.05, 0) is 26.0 Å². The van der Waals surface area contributed by atoms with E-state index >= 15 is 0 Å². The third-order valence-electron chi connectivity index (χ3n) is 4.62. The van der Waals surface area contributed by atoms with Crippen molar-refractivity contribution in [2.75, 3.05) is 44.2 Å². The van der Waals surface area contributed by atoms with E-state index in [2.05, 4.69) is 16.3 Å². The molecule has 3 amide bonds. The Labute approximate surface area is 155 Å². The SMILES string of the molecule is CCNC(=O)N1CCN(C(C)C(=O)N(CCC#N)c2ccccc2)CC1. The number of piperazine rings is 1. The maximum Gasteiger partial charge on any atom is 0.317 e. The molecular weight excluding hydrogens is 330 g/mol. The van der Waals surface area contributed by atoms with Gasteiger partial charge >= 0.3 is 6.03 Å². The number of urea groups is 1. The summed E-state index contributed by atoms with van der Waals surface area (Å²) in [5, 5.41) is 11.7. The van der Waals surface area contributed by atoms with E-state index in [9.17, 15) is 9.59 Å². The predicted molar refractivity (Wildman–Crippen MR) is 101 cm³/mol. The number of para-hydroxylation sites is 1. The summed E-state index contributed by atoms with van der Waals surface area (Å²) in [6.45, 7) is 7.30. The van der Waals surface area contributed by atoms with Gasteiger partial charge in [0.2, 0.25) is 5.91 Å². The fraction of sp³-hybridized carbons (Fsp3) is 0.526. The van der Waals surface area contributed by atoms with Gasteiger partial charge in [-0.2, -0.15) is 5.26 Å². The summed E-state index contributed by atoms with van der Waals surface area (Å²) in [6, 6.07) is 11.2. The Hall–Kier alpha value is -2.59. The molecule has 2 rings (SSSR count). The number of nitrogens with one attached hydrogen (secondary N) is 1. The number of carbonyl (C=O) groups is 2. The molecule has 0 bridgehead atoms. The fourth-order valence-corrected chi connectivity index (χ4v) is 3.09. The van der Waals surface area contributed by atoms with Crippen LogP contribution in [0.25, 0.3) is 0 Å². The van der Waals surface area contributed by atoms with E-state index in [0.717, 1.165) is 5.69 Å². The van der Waals surface area contributed by atoms with Crippen molar-refractivity contribution in [1.82, 2.24) is 15.1 Å². The van der Waals surface area contributed by atoms with Gasteiger partial charge < -0.3 is 15.1 Å². The van der Waals surface area contributed by atoms with Crippen LogP contribution in [0, 0.1) is 11.3 Å². The lowest BCUT2D eigenvalue weighted by molar-refractivity contribution is -0.123. The van der Waals surface area contributed by atoms with E-state index in [0.29, 0.717) is 45.7 Å². The third-order valence-corrected chi connectivity index (χ3v) is 4.62. The number of anilines is 1. The summed E-state index contributed by atoms with van der Waals surface area (Å²) in [5.41, 5.74) is 0.806. The van der Waals surface area contributed by atoms with Crippen LogP contribution in [0.4, 0.5) is 10.5 Å². The molecule has 1 N–H and O–H groups in total. The normalized spacial score (nSPS) is 15.8. The summed E-state index contributed by atoms with van der Waals surface area (Å²) in [4.78, 5) is 30.5. The lowest BCUT2D eigenvalue weighted by Crippen LogP contribution is -2.57. The Morgan fingerprint density at radius 3 is 2.46 bits per heavy atom. The van der Waals surface area contributed by atoms with Crippen LogP contribution in [-0.4, -0.2) is 67.0 Å². The molecule has 7 nitrogen and oxygen atoms in total. The van der Waals surface area contributed by atoms with Gasteiger partial charge in [0.05, 0.1) is 18.5 Å². The Bertz CT molecular complexity index is 635. The standard InChI is InChI=1S/C19H27N5O2/c1-3-21-19(26)23-14-12-22(13-15-23)16(2)18(25)24(11-7-10-20)17-8-5-4-6-9-17/h4-6,8-9,16H,3,7,11-15H2,1-2H3,(H,21,26). The second kappa shape index (κ2) is 9.78. The van der Waals surface area contributed by atoms with E-state index in [4.69, 9.17) is 5.26 Å². The van der Waals surface area contributed by atoms with E-state index in [1.165, 1.54) is 0 Å². The molecule has 1 atom stereocenters. The summed E-state index contributed by atoms with van der Waals surface area (Å²) in [7, 11) is 0. The zero-order chi connectivity index (χ0) is 18.9. The number of benzene rings is 1. The Balaban J connectivity index is 2.00. The van der Waals surface area contributed by atoms with Crippen molar-refractivity contribution in [3.63, 3.8) is 0 Å². The van der Waals surface area contributed by atoms with Crippen molar-refractivity contribution in [2.24, 2.45) is 0 Å². The molecule has 140 valence electrons. The van der Waals surface area contributed by atoms with Crippen molar-refractivity contribution < 1.29 is 9.59 Å². The maximum atomic E-state index is 13.0. The molecule has 1 unspecified atom stereocenters. The fourth-order valence-electron chi connectivity index (χ4n) is 3.09. The lowest BCUT2D eigenvalue weighted by Gasteiger charge is -2.38. The number of nitriles is 1. The van der Waals surface area contributed by atoms with Crippen LogP contribution in [0.5, 0.6) is 0 Å². The minimum Gasteiger partial charge on any atom is -0.338 e. The van der Waals surface area contributed by atoms with Gasteiger partial charge in [0.15, 0.2) is 0 Å². The number of carbonyl (C=O) groups excluding carboxylic acids is 2. The molecule has 1 aliphatic rings. The molecule has 1 fully saturated rings. The number of rotatable bonds is 6. The van der Waals surface area contributed by atoms with Crippen molar-refractivity contribution in [3.05, 3.63) is 30.3 Å². The summed E-state index contributed by atoms with van der Waals surface area (Å²) in [6.07, 6.45) is 0.290. The highest BCUT2D eigenvalue weighted by molar-refractivity contribution is 5.97. The first-order valence-electron chi connectivity index (χ1n) is 9.08. The van der Waals surface area contributed by atoms with Crippen LogP contribution in [0.3, 0.4) is 0 Å². The Morgan fingerprint density at radius 2 is 1.88 bits per heavy atom. The van der Waals surface area contributed by atoms with Crippen molar-refractivity contribution in [1.29, 1.82) is 5.26 Å². The minimum absolute atomic E-state index is 0.0158. The van der Waals surface area contributed by atoms with E-state index in [1.54, 1.807) is 9.80 Å². The van der Waals surface area contributed by atoms with Crippen LogP contribution < -0.4 is 10.2 Å². The summed E-state index contributed by atoms with van der Waals surface area (Å²) < 4.78 is 0. The first kappa shape index (κ1) is 19.7. The Kier molecular flexibility index (Phi) is 7.42. The first-order valence-corrected chi connectivity index (χ1v) is 9.08. The molecule has 0 radical (unpaired) electrons. The van der Waals surface area contributed by atoms with Gasteiger partial charge in [-0.3, -0.25) is 9.69 Å². The van der Waals surface area contributed by atoms with Crippen LogP contribution >= 0.6 is 0 Å². The molecule has 0 saturated carbocycles. The Morgan fingerprint density at radius 1 is 1.23 bits per heavy atom. The first-order chi connectivity index (χ1) is 12.6. The molecule has 7 heteroatoms. The summed E-state index contributed by atoms with van der Waals surface area (Å²) in [5.74, 6) is -0.0158. The molecule has 1 aliphatic heterocycles. The van der Waals surface area contributed by atoms with Crippen LogP contribution in [0.1, 0.15) is 20.3 Å². The van der Waals surface area contributed by atoms with E-state index in [1.807, 2.05) is 44.2 Å². The quantitative estimate of drug-likeness (QED) is 0.840. The van der Waals surface area contributed by atoms with Gasteiger partial charge in [-0.25, -0.2) is 4.79 Å². The van der Waals surface area contributed by atoms with Crippen LogP contribution in [0.2, 0.25) is 0 Å². The molecular formula is C19H27N5O2. The minimum atomic E-state index is -0.301. The monoisotopic (exact) mass is 357 g/mol. The number of nitrogens with zero attached hydrogens (tertiary/aromatic N) is 4. The largest absolute Gasteiger partial charge is 0.338 e. The topological polar surface area (TPSA) is 79.7 Å². The van der Waals surface area contributed by atoms with Crippen LogP contribution in [0.15, 0.2) is 30.3 Å². The highest BCUT2D eigenvalue weighted by atomic mass is 16.2. The third kappa shape index (κ3) is 4.96. The highest BCUT2D eigenvalue weighted by Crippen LogP contribution is 2.17. The average molecular weight is 357 g/mol. The van der Waals surface area contributed by atoms with Crippen molar-refractivity contribution in [3.8, 4) is 6.07 Å². The molecule has 0 aliphatic carbocycles. The highest BCUT2D eigenvalue weighted by Gasteiger charge is 2.30. The van der Waals surface area contributed by atoms with Gasteiger partial charge in [0.25, 0.3) is 0 Å². The molecule has 26 heavy (non-hydrogen) atoms. The molecule has 0 aromatic heterocycles. The molecule has 0 spiro atoms. The molecule has 1 aromatic carbocycles. The van der Waals surface area contributed by atoms with Gasteiger partial charge in [0.1, 0.15) is 0 Å². The molecule has 1 heterocycles. The van der Waals surface area contributed by atoms with Crippen molar-refractivity contribution >= 4 is 17.6 Å². The number of hydrogen-bond acceptors (Lipinski definition) is 4. The predicted octanol–water partition coefficient (Wildman–Crippen LogP) is 1.67. The zero-order valence-corrected chi connectivity index (χ0v) is 15.5. The second-order valence-corrected chi connectivity index (χ2v) is 6.27. The smallest absolute Gasteiger partial charge is 0.317 e. The van der Waals surface area contributed by atoms with E-state index in [-0.39, 0.29) is 18.0 Å². The van der Waals surface area contributed by atoms with E-state index < -0.39 is 0 Å². The van der Waals surface area contributed by atoms with Gasteiger partial charge in [-0.15, -0.1) is 0 Å². The lowest BCUT2D eigenvalue weighted by atomic mass is 10.1. The van der Waals surface area contributed by atoms with Crippen LogP contribution in [-0.2, 0) is 4.79 Å². The second-order valence-electron chi connectivity index (χ2n) is 6.27. The number of amides is 3. The summed E-state index contributed by atoms with van der Waals surface area (Å²) >= 11 is 0. The van der Waals surface area contributed by atoms with Gasteiger partial charge in [0, 0.05) is 45.0 Å². The molecule has 1 aromatic rings. The zero-order valence-electron chi connectivity index (χ0n) is 15.5. The van der Waals surface area contributed by atoms with Crippen molar-refractivity contribution in [2.45, 2.75) is 26.3 Å². The average Bonchev–Trinajstić information content (AvgIpc) is 2.68. The van der Waals surface area contributed by atoms with Gasteiger partial charge in [-0.1, -0.05) is 18.2 Å². The number of hydrogen-bond donors (Lipinski definition) is 1. The molecule has 1 saturated heterocycles. The maximum absolute atomic E-state index is 13.0.